The highest BCUT2D eigenvalue weighted by molar-refractivity contribution is 5.74. The maximum absolute atomic E-state index is 10.5. The summed E-state index contributed by atoms with van der Waals surface area (Å²) in [6.07, 6.45) is -0.293. The molecule has 0 aromatic carbocycles. The normalized spacial score (nSPS) is 35.1. The van der Waals surface area contributed by atoms with Crippen molar-refractivity contribution in [2.24, 2.45) is 5.73 Å². The zero-order valence-electron chi connectivity index (χ0n) is 5.14. The van der Waals surface area contributed by atoms with Gasteiger partial charge in [-0.2, -0.15) is 0 Å². The Morgan fingerprint density at radius 1 is 1.67 bits per heavy atom. The van der Waals surface area contributed by atoms with Crippen molar-refractivity contribution in [3.05, 3.63) is 0 Å². The van der Waals surface area contributed by atoms with Crippen LogP contribution in [-0.4, -0.2) is 18.2 Å². The molecule has 2 amide bonds. The molecule has 0 aromatic heterocycles. The molecule has 0 saturated carbocycles. The minimum Gasteiger partial charge on any atom is -0.320 e. The first kappa shape index (κ1) is 6.31. The molecule has 5 heteroatoms. The van der Waals surface area contributed by atoms with Crippen molar-refractivity contribution in [1.82, 2.24) is 16.2 Å². The molecule has 5 N–H and O–H groups in total. The van der Waals surface area contributed by atoms with Gasteiger partial charge in [-0.3, -0.25) is 5.43 Å². The summed E-state index contributed by atoms with van der Waals surface area (Å²) in [7, 11) is 0. The van der Waals surface area contributed by atoms with Gasteiger partial charge in [0.25, 0.3) is 0 Å². The highest BCUT2D eigenvalue weighted by Crippen LogP contribution is 1.87. The van der Waals surface area contributed by atoms with Gasteiger partial charge in [0.15, 0.2) is 0 Å². The van der Waals surface area contributed by atoms with Crippen molar-refractivity contribution in [3.8, 4) is 0 Å². The molecule has 2 unspecified atom stereocenters. The number of urea groups is 1. The van der Waals surface area contributed by atoms with Gasteiger partial charge in [0.1, 0.15) is 0 Å². The Bertz CT molecular complexity index is 126. The van der Waals surface area contributed by atoms with E-state index in [4.69, 9.17) is 5.73 Å². The number of nitrogens with two attached hydrogens (primary N) is 1. The van der Waals surface area contributed by atoms with Crippen LogP contribution in [0.3, 0.4) is 0 Å². The van der Waals surface area contributed by atoms with Crippen LogP contribution in [0.25, 0.3) is 0 Å². The van der Waals surface area contributed by atoms with Gasteiger partial charge in [-0.25, -0.2) is 10.2 Å². The van der Waals surface area contributed by atoms with Crippen molar-refractivity contribution < 1.29 is 4.79 Å². The third kappa shape index (κ3) is 1.30. The van der Waals surface area contributed by atoms with Crippen molar-refractivity contribution >= 4 is 6.03 Å². The first-order valence-electron chi connectivity index (χ1n) is 2.78. The van der Waals surface area contributed by atoms with Crippen LogP contribution in [0, 0.1) is 0 Å². The number of hydrogen-bond donors (Lipinski definition) is 4. The molecule has 9 heavy (non-hydrogen) atoms. The summed E-state index contributed by atoms with van der Waals surface area (Å²) in [6.45, 7) is 1.87. The second kappa shape index (κ2) is 2.20. The summed E-state index contributed by atoms with van der Waals surface area (Å²) < 4.78 is 0. The number of carbonyl (C=O) groups excluding carboxylic acids is 1. The molecule has 5 nitrogen and oxygen atoms in total. The lowest BCUT2D eigenvalue weighted by molar-refractivity contribution is 0.211. The number of hydrogen-bond acceptors (Lipinski definition) is 3. The lowest BCUT2D eigenvalue weighted by Crippen LogP contribution is -2.66. The fraction of sp³-hybridized carbons (Fsp3) is 0.750. The van der Waals surface area contributed by atoms with E-state index in [1.807, 2.05) is 6.92 Å². The Hall–Kier alpha value is -0.810. The molecule has 1 aliphatic heterocycles. The van der Waals surface area contributed by atoms with E-state index in [-0.39, 0.29) is 18.2 Å². The van der Waals surface area contributed by atoms with E-state index in [1.165, 1.54) is 0 Å². The molecule has 52 valence electrons. The molecule has 1 saturated heterocycles. The monoisotopic (exact) mass is 130 g/mol. The van der Waals surface area contributed by atoms with Crippen molar-refractivity contribution in [2.75, 3.05) is 0 Å². The summed E-state index contributed by atoms with van der Waals surface area (Å²) in [5, 5.41) is 2.49. The molecule has 2 atom stereocenters. The smallest absolute Gasteiger partial charge is 0.320 e. The van der Waals surface area contributed by atoms with Gasteiger partial charge >= 0.3 is 6.03 Å². The van der Waals surface area contributed by atoms with Gasteiger partial charge in [-0.05, 0) is 6.92 Å². The maximum Gasteiger partial charge on any atom is 0.330 e. The van der Waals surface area contributed by atoms with Crippen molar-refractivity contribution in [1.29, 1.82) is 0 Å². The standard InChI is InChI=1S/C4H10N4O/c1-2-3(5)6-4(9)8-7-2/h2-3,7H,5H2,1H3,(H2,6,8,9). The molecule has 0 radical (unpaired) electrons. The lowest BCUT2D eigenvalue weighted by Gasteiger charge is -2.27. The van der Waals surface area contributed by atoms with E-state index in [9.17, 15) is 4.79 Å². The summed E-state index contributed by atoms with van der Waals surface area (Å²) in [6, 6.07) is -0.205. The van der Waals surface area contributed by atoms with Gasteiger partial charge in [0, 0.05) is 0 Å². The van der Waals surface area contributed by atoms with E-state index in [1.54, 1.807) is 0 Å². The molecule has 1 fully saturated rings. The fourth-order valence-electron chi connectivity index (χ4n) is 0.582. The van der Waals surface area contributed by atoms with Crippen LogP contribution < -0.4 is 21.9 Å². The Kier molecular flexibility index (Phi) is 1.54. The summed E-state index contributed by atoms with van der Waals surface area (Å²) in [5.74, 6) is 0. The summed E-state index contributed by atoms with van der Waals surface area (Å²) in [4.78, 5) is 10.5. The lowest BCUT2D eigenvalue weighted by atomic mass is 10.3. The molecular weight excluding hydrogens is 120 g/mol. The van der Waals surface area contributed by atoms with E-state index in [0.29, 0.717) is 0 Å². The molecule has 0 bridgehead atoms. The van der Waals surface area contributed by atoms with Gasteiger partial charge in [-0.1, -0.05) is 0 Å². The van der Waals surface area contributed by atoms with E-state index < -0.39 is 0 Å². The van der Waals surface area contributed by atoms with Crippen LogP contribution >= 0.6 is 0 Å². The second-order valence-electron chi connectivity index (χ2n) is 2.06. The van der Waals surface area contributed by atoms with Crippen LogP contribution in [0.4, 0.5) is 4.79 Å². The number of amides is 2. The Balaban J connectivity index is 2.44. The molecule has 1 rings (SSSR count). The SMILES string of the molecule is CC1NNC(=O)NC1N. The van der Waals surface area contributed by atoms with Gasteiger partial charge < -0.3 is 11.1 Å². The zero-order chi connectivity index (χ0) is 6.85. The molecule has 0 spiro atoms. The minimum absolute atomic E-state index is 0.0719. The topological polar surface area (TPSA) is 79.2 Å². The van der Waals surface area contributed by atoms with Crippen molar-refractivity contribution in [3.63, 3.8) is 0 Å². The third-order valence-electron chi connectivity index (χ3n) is 1.25. The third-order valence-corrected chi connectivity index (χ3v) is 1.25. The first-order chi connectivity index (χ1) is 4.20. The quantitative estimate of drug-likeness (QED) is 0.321. The van der Waals surface area contributed by atoms with Crippen LogP contribution in [0.5, 0.6) is 0 Å². The summed E-state index contributed by atoms with van der Waals surface area (Å²) in [5.41, 5.74) is 10.5. The second-order valence-corrected chi connectivity index (χ2v) is 2.06. The number of nitrogens with one attached hydrogen (secondary N) is 3. The van der Waals surface area contributed by atoms with Gasteiger partial charge in [-0.15, -0.1) is 0 Å². The number of rotatable bonds is 0. The molecule has 1 heterocycles. The highest BCUT2D eigenvalue weighted by atomic mass is 16.2. The predicted molar refractivity (Wildman–Crippen MR) is 32.2 cm³/mol. The van der Waals surface area contributed by atoms with E-state index in [2.05, 4.69) is 16.2 Å². The Morgan fingerprint density at radius 3 is 2.78 bits per heavy atom. The van der Waals surface area contributed by atoms with Gasteiger partial charge in [0.2, 0.25) is 0 Å². The van der Waals surface area contributed by atoms with Crippen LogP contribution in [0.1, 0.15) is 6.92 Å². The van der Waals surface area contributed by atoms with Gasteiger partial charge in [0.05, 0.1) is 12.2 Å². The Morgan fingerprint density at radius 2 is 2.33 bits per heavy atom. The van der Waals surface area contributed by atoms with E-state index in [0.717, 1.165) is 0 Å². The summed E-state index contributed by atoms with van der Waals surface area (Å²) >= 11 is 0. The molecule has 0 aliphatic carbocycles. The van der Waals surface area contributed by atoms with E-state index >= 15 is 0 Å². The predicted octanol–water partition coefficient (Wildman–Crippen LogP) is -1.52. The molecule has 1 aliphatic rings. The van der Waals surface area contributed by atoms with Crippen LogP contribution in [0.2, 0.25) is 0 Å². The molecular formula is C4H10N4O. The minimum atomic E-state index is -0.293. The average Bonchev–Trinajstić information content (AvgIpc) is 1.80. The first-order valence-corrected chi connectivity index (χ1v) is 2.78. The molecule has 0 aromatic rings. The van der Waals surface area contributed by atoms with Crippen LogP contribution in [0.15, 0.2) is 0 Å². The van der Waals surface area contributed by atoms with Crippen LogP contribution in [-0.2, 0) is 0 Å². The maximum atomic E-state index is 10.5. The number of hydrazine groups is 1. The zero-order valence-corrected chi connectivity index (χ0v) is 5.14. The average molecular weight is 130 g/mol. The fourth-order valence-corrected chi connectivity index (χ4v) is 0.582. The highest BCUT2D eigenvalue weighted by Gasteiger charge is 2.19. The largest absolute Gasteiger partial charge is 0.330 e. The number of carbonyl (C=O) groups is 1. The Labute approximate surface area is 52.9 Å². The van der Waals surface area contributed by atoms with Crippen molar-refractivity contribution in [2.45, 2.75) is 19.1 Å².